The molecule has 1 aromatic carbocycles. The molecule has 0 saturated carbocycles. The first-order valence-corrected chi connectivity index (χ1v) is 11.5. The molecule has 1 fully saturated rings. The first kappa shape index (κ1) is 23.4. The van der Waals surface area contributed by atoms with Crippen molar-refractivity contribution in [2.75, 3.05) is 5.32 Å². The highest BCUT2D eigenvalue weighted by Gasteiger charge is 2.51. The number of carbonyl (C=O) groups excluding carboxylic acids is 2. The number of anilines is 1. The van der Waals surface area contributed by atoms with Gasteiger partial charge in [-0.05, 0) is 66.1 Å². The third kappa shape index (κ3) is 4.53. The minimum absolute atomic E-state index is 0.125. The molecule has 3 heterocycles. The van der Waals surface area contributed by atoms with Crippen molar-refractivity contribution in [2.24, 2.45) is 0 Å². The zero-order valence-corrected chi connectivity index (χ0v) is 20.6. The Morgan fingerprint density at radius 2 is 1.79 bits per heavy atom. The van der Waals surface area contributed by atoms with E-state index in [4.69, 9.17) is 14.0 Å². The number of rotatable bonds is 3. The molecule has 1 N–H and O–H groups in total. The van der Waals surface area contributed by atoms with Crippen molar-refractivity contribution in [3.05, 3.63) is 35.5 Å². The van der Waals surface area contributed by atoms with Crippen LogP contribution >= 0.6 is 11.3 Å². The number of hydrogen-bond acceptors (Lipinski definition) is 8. The van der Waals surface area contributed by atoms with Crippen molar-refractivity contribution in [1.82, 2.24) is 14.8 Å². The lowest BCUT2D eigenvalue weighted by molar-refractivity contribution is 0.00578. The van der Waals surface area contributed by atoms with E-state index in [0.717, 1.165) is 5.46 Å². The second kappa shape index (κ2) is 7.93. The van der Waals surface area contributed by atoms with Gasteiger partial charge in [-0.15, -0.1) is 10.2 Å². The Balaban J connectivity index is 1.79. The lowest BCUT2D eigenvalue weighted by Gasteiger charge is -2.32. The molecular weight excluding hydrogens is 443 g/mol. The van der Waals surface area contributed by atoms with E-state index in [9.17, 15) is 9.59 Å². The van der Waals surface area contributed by atoms with E-state index in [-0.39, 0.29) is 5.69 Å². The lowest BCUT2D eigenvalue weighted by Crippen LogP contribution is -2.41. The number of nitrogens with zero attached hydrogens (tertiary/aromatic N) is 3. The van der Waals surface area contributed by atoms with Crippen molar-refractivity contribution in [3.63, 3.8) is 0 Å². The van der Waals surface area contributed by atoms with Crippen molar-refractivity contribution in [1.29, 1.82) is 0 Å². The normalized spacial score (nSPS) is 17.4. The number of hydrogen-bond donors (Lipinski definition) is 1. The van der Waals surface area contributed by atoms with Gasteiger partial charge < -0.3 is 14.0 Å². The first-order valence-electron chi connectivity index (χ1n) is 10.6. The van der Waals surface area contributed by atoms with Gasteiger partial charge >= 0.3 is 13.2 Å². The zero-order valence-electron chi connectivity index (χ0n) is 19.8. The van der Waals surface area contributed by atoms with E-state index >= 15 is 0 Å². The molecule has 1 saturated heterocycles. The number of benzene rings is 1. The Morgan fingerprint density at radius 1 is 1.12 bits per heavy atom. The van der Waals surface area contributed by atoms with Crippen LogP contribution in [-0.4, -0.2) is 50.7 Å². The van der Waals surface area contributed by atoms with E-state index < -0.39 is 35.9 Å². The van der Waals surface area contributed by atoms with Gasteiger partial charge in [0.05, 0.1) is 16.7 Å². The van der Waals surface area contributed by atoms with E-state index in [0.29, 0.717) is 16.0 Å². The Morgan fingerprint density at radius 3 is 2.36 bits per heavy atom. The summed E-state index contributed by atoms with van der Waals surface area (Å²) in [6.45, 7) is 13.2. The van der Waals surface area contributed by atoms with Gasteiger partial charge in [0.15, 0.2) is 0 Å². The molecule has 0 bridgehead atoms. The summed E-state index contributed by atoms with van der Waals surface area (Å²) >= 11 is 1.18. The number of nitrogens with one attached hydrogen (secondary N) is 1. The van der Waals surface area contributed by atoms with Crippen LogP contribution < -0.4 is 10.8 Å². The summed E-state index contributed by atoms with van der Waals surface area (Å²) in [6, 6.07) is 7.14. The van der Waals surface area contributed by atoms with Gasteiger partial charge in [0.25, 0.3) is 5.91 Å². The second-order valence-corrected chi connectivity index (χ2v) is 10.8. The standard InChI is InChI=1S/C22H27BN4O5S/c1-20(2,3)30-19(29)27-15-11-14(23-31-21(4,5)22(6,7)32-23)9-8-13(15)10-16(27)17(28)25-18-26-24-12-33-18/h8-12H,1-7H3,(H,25,26,28). The Hall–Kier alpha value is -2.76. The predicted molar refractivity (Wildman–Crippen MR) is 127 cm³/mol. The number of carbonyl (C=O) groups is 2. The highest BCUT2D eigenvalue weighted by atomic mass is 32.1. The maximum Gasteiger partial charge on any atom is 0.494 e. The molecule has 33 heavy (non-hydrogen) atoms. The van der Waals surface area contributed by atoms with E-state index in [2.05, 4.69) is 15.5 Å². The molecule has 1 amide bonds. The van der Waals surface area contributed by atoms with Crippen molar-refractivity contribution >= 4 is 52.0 Å². The predicted octanol–water partition coefficient (Wildman–Crippen LogP) is 3.83. The van der Waals surface area contributed by atoms with Crippen LogP contribution in [0.15, 0.2) is 29.8 Å². The monoisotopic (exact) mass is 470 g/mol. The highest BCUT2D eigenvalue weighted by Crippen LogP contribution is 2.36. The number of aromatic nitrogens is 3. The molecule has 9 nitrogen and oxygen atoms in total. The van der Waals surface area contributed by atoms with Gasteiger partial charge in [0.1, 0.15) is 16.8 Å². The minimum atomic E-state index is -0.746. The molecular formula is C22H27BN4O5S. The van der Waals surface area contributed by atoms with Crippen LogP contribution in [-0.2, 0) is 14.0 Å². The molecule has 4 rings (SSSR count). The van der Waals surface area contributed by atoms with Crippen LogP contribution in [0.2, 0.25) is 0 Å². The molecule has 0 spiro atoms. The van der Waals surface area contributed by atoms with Gasteiger partial charge in [-0.2, -0.15) is 0 Å². The van der Waals surface area contributed by atoms with Crippen LogP contribution in [0, 0.1) is 0 Å². The summed E-state index contributed by atoms with van der Waals surface area (Å²) in [5.41, 5.74) is 1.12. The average Bonchev–Trinajstić information content (AvgIpc) is 3.36. The van der Waals surface area contributed by atoms with Crippen LogP contribution in [0.5, 0.6) is 0 Å². The average molecular weight is 470 g/mol. The molecule has 2 aromatic heterocycles. The Bertz CT molecular complexity index is 1200. The fourth-order valence-electron chi connectivity index (χ4n) is 3.40. The SMILES string of the molecule is CC(C)(C)OC(=O)n1c(C(=O)Nc2nncs2)cc2ccc(B3OC(C)(C)C(C)(C)O3)cc21. The van der Waals surface area contributed by atoms with Crippen LogP contribution in [0.25, 0.3) is 10.9 Å². The van der Waals surface area contributed by atoms with Crippen LogP contribution in [0.3, 0.4) is 0 Å². The van der Waals surface area contributed by atoms with Crippen LogP contribution in [0.1, 0.15) is 59.0 Å². The van der Waals surface area contributed by atoms with Crippen molar-refractivity contribution in [2.45, 2.75) is 65.3 Å². The van der Waals surface area contributed by atoms with Gasteiger partial charge in [0, 0.05) is 5.39 Å². The van der Waals surface area contributed by atoms with Gasteiger partial charge in [-0.25, -0.2) is 9.36 Å². The quantitative estimate of drug-likeness (QED) is 0.580. The molecule has 1 aliphatic rings. The van der Waals surface area contributed by atoms with Gasteiger partial charge in [-0.1, -0.05) is 23.5 Å². The summed E-state index contributed by atoms with van der Waals surface area (Å²) in [5.74, 6) is -0.494. The summed E-state index contributed by atoms with van der Waals surface area (Å²) in [7, 11) is -0.611. The molecule has 1 aliphatic heterocycles. The van der Waals surface area contributed by atoms with E-state index in [1.165, 1.54) is 21.4 Å². The molecule has 174 valence electrons. The zero-order chi connectivity index (χ0) is 24.2. The second-order valence-electron chi connectivity index (χ2n) is 9.95. The molecule has 0 radical (unpaired) electrons. The molecule has 0 atom stereocenters. The topological polar surface area (TPSA) is 105 Å². The molecule has 11 heteroatoms. The summed E-state index contributed by atoms with van der Waals surface area (Å²) in [6.07, 6.45) is -0.661. The fraction of sp³-hybridized carbons (Fsp3) is 0.455. The fourth-order valence-corrected chi connectivity index (χ4v) is 3.84. The van der Waals surface area contributed by atoms with Crippen molar-refractivity contribution < 1.29 is 23.6 Å². The Labute approximate surface area is 196 Å². The summed E-state index contributed by atoms with van der Waals surface area (Å²) < 4.78 is 19.2. The summed E-state index contributed by atoms with van der Waals surface area (Å²) in [4.78, 5) is 26.2. The largest absolute Gasteiger partial charge is 0.494 e. The van der Waals surface area contributed by atoms with E-state index in [1.807, 2.05) is 39.8 Å². The lowest BCUT2D eigenvalue weighted by atomic mass is 9.79. The number of ether oxygens (including phenoxy) is 1. The molecule has 3 aromatic rings. The Kier molecular flexibility index (Phi) is 5.62. The van der Waals surface area contributed by atoms with Gasteiger partial charge in [-0.3, -0.25) is 10.1 Å². The first-order chi connectivity index (χ1) is 15.3. The van der Waals surface area contributed by atoms with E-state index in [1.54, 1.807) is 32.9 Å². The molecule has 0 unspecified atom stereocenters. The third-order valence-corrected chi connectivity index (χ3v) is 6.35. The van der Waals surface area contributed by atoms with Gasteiger partial charge in [0.2, 0.25) is 5.13 Å². The number of amides is 1. The molecule has 0 aliphatic carbocycles. The smallest absolute Gasteiger partial charge is 0.443 e. The maximum atomic E-state index is 13.2. The number of fused-ring (bicyclic) bond motifs is 1. The maximum absolute atomic E-state index is 13.2. The summed E-state index contributed by atoms with van der Waals surface area (Å²) in [5, 5.41) is 11.3. The van der Waals surface area contributed by atoms with Crippen molar-refractivity contribution in [3.8, 4) is 0 Å². The van der Waals surface area contributed by atoms with Crippen LogP contribution in [0.4, 0.5) is 9.93 Å². The minimum Gasteiger partial charge on any atom is -0.443 e. The third-order valence-electron chi connectivity index (χ3n) is 5.74. The highest BCUT2D eigenvalue weighted by molar-refractivity contribution is 7.13.